The van der Waals surface area contributed by atoms with Crippen LogP contribution in [0.15, 0.2) is 0 Å². The normalized spacial score (nSPS) is 19.4. The molecule has 1 rings (SSSR count). The Morgan fingerprint density at radius 1 is 1.35 bits per heavy atom. The molecule has 4 nitrogen and oxygen atoms in total. The largest absolute Gasteiger partial charge is 0.389 e. The fourth-order valence-electron chi connectivity index (χ4n) is 2.20. The molecule has 2 N–H and O–H groups in total. The molecule has 0 saturated heterocycles. The number of carbonyl (C=O) groups excluding carboxylic acids is 1. The second kappa shape index (κ2) is 6.36. The van der Waals surface area contributed by atoms with E-state index in [9.17, 15) is 9.90 Å². The van der Waals surface area contributed by atoms with Crippen molar-refractivity contribution in [3.05, 3.63) is 0 Å². The lowest BCUT2D eigenvalue weighted by Gasteiger charge is -2.32. The van der Waals surface area contributed by atoms with Crippen LogP contribution in [0, 0.1) is 0 Å². The molecular weight excluding hydrogens is 216 g/mol. The molecule has 0 atom stereocenters. The third kappa shape index (κ3) is 4.64. The molecule has 1 amide bonds. The van der Waals surface area contributed by atoms with Crippen molar-refractivity contribution in [1.29, 1.82) is 0 Å². The summed E-state index contributed by atoms with van der Waals surface area (Å²) in [5.41, 5.74) is -0.588. The highest BCUT2D eigenvalue weighted by Gasteiger charge is 2.28. The second-order valence-electron chi connectivity index (χ2n) is 5.49. The molecular formula is C13H26N2O2. The van der Waals surface area contributed by atoms with Gasteiger partial charge in [0.25, 0.3) is 0 Å². The molecule has 0 aromatic rings. The fourth-order valence-corrected chi connectivity index (χ4v) is 2.20. The predicted molar refractivity (Wildman–Crippen MR) is 68.8 cm³/mol. The van der Waals surface area contributed by atoms with E-state index >= 15 is 0 Å². The van der Waals surface area contributed by atoms with Crippen LogP contribution in [-0.2, 0) is 4.79 Å². The summed E-state index contributed by atoms with van der Waals surface area (Å²) >= 11 is 0. The van der Waals surface area contributed by atoms with E-state index in [1.165, 1.54) is 6.42 Å². The average Bonchev–Trinajstić information content (AvgIpc) is 2.28. The van der Waals surface area contributed by atoms with E-state index in [1.54, 1.807) is 4.90 Å². The summed E-state index contributed by atoms with van der Waals surface area (Å²) in [6, 6.07) is 0.224. The molecule has 1 saturated carbocycles. The average molecular weight is 242 g/mol. The highest BCUT2D eigenvalue weighted by molar-refractivity contribution is 5.78. The van der Waals surface area contributed by atoms with Crippen LogP contribution in [0.4, 0.5) is 0 Å². The Labute approximate surface area is 104 Å². The molecule has 4 heteroatoms. The summed E-state index contributed by atoms with van der Waals surface area (Å²) in [5, 5.41) is 13.3. The molecule has 1 fully saturated rings. The lowest BCUT2D eigenvalue weighted by molar-refractivity contribution is -0.130. The van der Waals surface area contributed by atoms with Crippen LogP contribution < -0.4 is 5.32 Å². The van der Waals surface area contributed by atoms with Crippen molar-refractivity contribution in [3.63, 3.8) is 0 Å². The highest BCUT2D eigenvalue weighted by Crippen LogP contribution is 2.27. The smallest absolute Gasteiger partial charge is 0.236 e. The maximum absolute atomic E-state index is 11.7. The first-order valence-electron chi connectivity index (χ1n) is 6.63. The van der Waals surface area contributed by atoms with Crippen molar-refractivity contribution >= 4 is 5.91 Å². The zero-order valence-electron chi connectivity index (χ0n) is 11.3. The van der Waals surface area contributed by atoms with Crippen LogP contribution in [0.3, 0.4) is 0 Å². The number of rotatable bonds is 5. The van der Waals surface area contributed by atoms with Crippen molar-refractivity contribution in [1.82, 2.24) is 10.2 Å². The van der Waals surface area contributed by atoms with Gasteiger partial charge in [-0.15, -0.1) is 0 Å². The monoisotopic (exact) mass is 242 g/mol. The van der Waals surface area contributed by atoms with Gasteiger partial charge in [-0.25, -0.2) is 0 Å². The first-order chi connectivity index (χ1) is 7.94. The zero-order valence-corrected chi connectivity index (χ0v) is 11.3. The number of nitrogens with zero attached hydrogens (tertiary/aromatic N) is 1. The molecule has 0 aromatic carbocycles. The van der Waals surface area contributed by atoms with Gasteiger partial charge in [-0.05, 0) is 26.7 Å². The molecule has 100 valence electrons. The highest BCUT2D eigenvalue weighted by atomic mass is 16.3. The van der Waals surface area contributed by atoms with Gasteiger partial charge in [-0.2, -0.15) is 0 Å². The minimum atomic E-state index is -0.588. The van der Waals surface area contributed by atoms with Gasteiger partial charge in [0.05, 0.1) is 12.1 Å². The molecule has 0 aromatic heterocycles. The summed E-state index contributed by atoms with van der Waals surface area (Å²) in [7, 11) is 1.81. The number of carbonyl (C=O) groups is 1. The second-order valence-corrected chi connectivity index (χ2v) is 5.49. The Kier molecular flexibility index (Phi) is 5.40. The van der Waals surface area contributed by atoms with Crippen molar-refractivity contribution in [2.75, 3.05) is 20.1 Å². The van der Waals surface area contributed by atoms with Gasteiger partial charge >= 0.3 is 0 Å². The Balaban J connectivity index is 2.25. The maximum Gasteiger partial charge on any atom is 0.236 e. The molecule has 0 radical (unpaired) electrons. The fraction of sp³-hybridized carbons (Fsp3) is 0.923. The quantitative estimate of drug-likeness (QED) is 0.760. The molecule has 0 bridgehead atoms. The lowest BCUT2D eigenvalue weighted by atomic mass is 9.85. The Bertz CT molecular complexity index is 248. The van der Waals surface area contributed by atoms with Gasteiger partial charge in [0.1, 0.15) is 0 Å². The van der Waals surface area contributed by atoms with Gasteiger partial charge in [-0.1, -0.05) is 19.3 Å². The van der Waals surface area contributed by atoms with E-state index in [0.717, 1.165) is 25.7 Å². The van der Waals surface area contributed by atoms with Crippen molar-refractivity contribution < 1.29 is 9.90 Å². The van der Waals surface area contributed by atoms with Crippen LogP contribution >= 0.6 is 0 Å². The van der Waals surface area contributed by atoms with Crippen LogP contribution in [0.25, 0.3) is 0 Å². The van der Waals surface area contributed by atoms with Crippen molar-refractivity contribution in [2.24, 2.45) is 0 Å². The summed E-state index contributed by atoms with van der Waals surface area (Å²) < 4.78 is 0. The molecule has 0 spiro atoms. The predicted octanol–water partition coefficient (Wildman–Crippen LogP) is 1.14. The third-order valence-electron chi connectivity index (χ3n) is 3.68. The molecule has 1 aliphatic carbocycles. The molecule has 17 heavy (non-hydrogen) atoms. The van der Waals surface area contributed by atoms with Crippen molar-refractivity contribution in [3.8, 4) is 0 Å². The summed E-state index contributed by atoms with van der Waals surface area (Å²) in [5.74, 6) is 0.0828. The van der Waals surface area contributed by atoms with E-state index in [1.807, 2.05) is 20.9 Å². The molecule has 0 unspecified atom stereocenters. The van der Waals surface area contributed by atoms with E-state index in [0.29, 0.717) is 13.1 Å². The van der Waals surface area contributed by atoms with Crippen molar-refractivity contribution in [2.45, 2.75) is 57.6 Å². The lowest BCUT2D eigenvalue weighted by Crippen LogP contribution is -2.46. The Morgan fingerprint density at radius 2 is 1.94 bits per heavy atom. The van der Waals surface area contributed by atoms with E-state index < -0.39 is 5.60 Å². The summed E-state index contributed by atoms with van der Waals surface area (Å²) in [4.78, 5) is 13.4. The number of nitrogens with one attached hydrogen (secondary N) is 1. The van der Waals surface area contributed by atoms with E-state index in [-0.39, 0.29) is 11.9 Å². The third-order valence-corrected chi connectivity index (χ3v) is 3.68. The SMILES string of the molecule is CC(C)N(C)C(=O)CNCC1(O)CCCCC1. The maximum atomic E-state index is 11.7. The number of hydrogen-bond donors (Lipinski definition) is 2. The van der Waals surface area contributed by atoms with E-state index in [2.05, 4.69) is 5.32 Å². The van der Waals surface area contributed by atoms with Crippen LogP contribution in [-0.4, -0.2) is 47.7 Å². The Morgan fingerprint density at radius 3 is 2.47 bits per heavy atom. The zero-order chi connectivity index (χ0) is 12.9. The van der Waals surface area contributed by atoms with Gasteiger partial charge in [0, 0.05) is 19.6 Å². The summed E-state index contributed by atoms with van der Waals surface area (Å²) in [6.07, 6.45) is 5.12. The van der Waals surface area contributed by atoms with Gasteiger partial charge in [-0.3, -0.25) is 4.79 Å². The minimum absolute atomic E-state index is 0.0828. The molecule has 0 aliphatic heterocycles. The van der Waals surface area contributed by atoms with Gasteiger partial charge in [0.15, 0.2) is 0 Å². The number of aliphatic hydroxyl groups is 1. The number of amides is 1. The summed E-state index contributed by atoms with van der Waals surface area (Å²) in [6.45, 7) is 4.83. The van der Waals surface area contributed by atoms with Crippen LogP contribution in [0.2, 0.25) is 0 Å². The van der Waals surface area contributed by atoms with Crippen LogP contribution in [0.1, 0.15) is 46.0 Å². The number of likely N-dealkylation sites (N-methyl/N-ethyl adjacent to an activating group) is 1. The first-order valence-corrected chi connectivity index (χ1v) is 6.63. The van der Waals surface area contributed by atoms with E-state index in [4.69, 9.17) is 0 Å². The van der Waals surface area contributed by atoms with Gasteiger partial charge < -0.3 is 15.3 Å². The minimum Gasteiger partial charge on any atom is -0.389 e. The topological polar surface area (TPSA) is 52.6 Å². The first kappa shape index (κ1) is 14.5. The number of hydrogen-bond acceptors (Lipinski definition) is 3. The van der Waals surface area contributed by atoms with Crippen LogP contribution in [0.5, 0.6) is 0 Å². The standard InChI is InChI=1S/C13H26N2O2/c1-11(2)15(3)12(16)9-14-10-13(17)7-5-4-6-8-13/h11,14,17H,4-10H2,1-3H3. The molecule has 1 aliphatic rings. The Hall–Kier alpha value is -0.610. The van der Waals surface area contributed by atoms with Gasteiger partial charge in [0.2, 0.25) is 5.91 Å². The molecule has 0 heterocycles.